The van der Waals surface area contributed by atoms with Gasteiger partial charge in [-0.3, -0.25) is 56.8 Å². The summed E-state index contributed by atoms with van der Waals surface area (Å²) < 4.78 is 102. The lowest BCUT2D eigenvalue weighted by molar-refractivity contribution is -0.143. The highest BCUT2D eigenvalue weighted by molar-refractivity contribution is 7.86. The molecule has 0 aliphatic carbocycles. The van der Waals surface area contributed by atoms with Gasteiger partial charge >= 0.3 is 11.9 Å². The Morgan fingerprint density at radius 3 is 1.16 bits per heavy atom. The number of carbonyl (C=O) groups is 10. The molecule has 9 atom stereocenters. The Balaban J connectivity index is 2.61. The molecule has 0 unspecified atom stereocenters. The number of nitrogens with one attached hydrogen (secondary N) is 8. The summed E-state index contributed by atoms with van der Waals surface area (Å²) in [4.78, 5) is 134. The molecular formula is C49H74N10O21S3. The Bertz CT molecular complexity index is 2920. The summed E-state index contributed by atoms with van der Waals surface area (Å²) in [5.41, 5.74) is 12.4. The molecule has 83 heavy (non-hydrogen) atoms. The number of carbonyl (C=O) groups excluding carboxylic acids is 8. The zero-order valence-corrected chi connectivity index (χ0v) is 48.2. The van der Waals surface area contributed by atoms with Crippen molar-refractivity contribution < 1.29 is 97.1 Å². The second-order valence-electron chi connectivity index (χ2n) is 20.1. The van der Waals surface area contributed by atoms with Gasteiger partial charge in [0.1, 0.15) is 65.6 Å². The van der Waals surface area contributed by atoms with Gasteiger partial charge in [-0.1, -0.05) is 94.8 Å². The maximum absolute atomic E-state index is 14.6. The van der Waals surface area contributed by atoms with Gasteiger partial charge in [-0.25, -0.2) is 4.79 Å². The lowest BCUT2D eigenvalue weighted by Crippen LogP contribution is -2.62. The van der Waals surface area contributed by atoms with Crippen LogP contribution in [0.1, 0.15) is 77.3 Å². The number of aliphatic carboxylic acids is 2. The molecule has 0 fully saturated rings. The quantitative estimate of drug-likeness (QED) is 0.0227. The summed E-state index contributed by atoms with van der Waals surface area (Å²) in [6.45, 7) is 7.15. The minimum absolute atomic E-state index is 0.134. The number of carboxylic acids is 2. The van der Waals surface area contributed by atoms with Gasteiger partial charge in [0.25, 0.3) is 30.4 Å². The summed E-state index contributed by atoms with van der Waals surface area (Å²) >= 11 is 0. The van der Waals surface area contributed by atoms with Crippen molar-refractivity contribution in [2.24, 2.45) is 23.3 Å². The highest BCUT2D eigenvalue weighted by Gasteiger charge is 2.39. The zero-order valence-electron chi connectivity index (χ0n) is 45.8. The van der Waals surface area contributed by atoms with Crippen molar-refractivity contribution in [1.29, 1.82) is 0 Å². The van der Waals surface area contributed by atoms with E-state index in [0.717, 1.165) is 0 Å². The molecule has 0 spiro atoms. The molecule has 0 aromatic heterocycles. The number of rotatable bonds is 37. The van der Waals surface area contributed by atoms with Crippen molar-refractivity contribution in [2.75, 3.05) is 23.8 Å². The molecule has 34 heteroatoms. The van der Waals surface area contributed by atoms with Crippen molar-refractivity contribution in [3.8, 4) is 0 Å². The van der Waals surface area contributed by atoms with E-state index in [1.807, 2.05) is 5.32 Å². The third kappa shape index (κ3) is 28.6. The molecule has 31 nitrogen and oxygen atoms in total. The van der Waals surface area contributed by atoms with Crippen molar-refractivity contribution >= 4 is 89.6 Å². The first-order valence-corrected chi connectivity index (χ1v) is 30.6. The van der Waals surface area contributed by atoms with Crippen LogP contribution in [0.4, 0.5) is 0 Å². The van der Waals surface area contributed by atoms with Gasteiger partial charge in [0, 0.05) is 19.3 Å². The van der Waals surface area contributed by atoms with Crippen LogP contribution in [0.2, 0.25) is 0 Å². The Kier molecular flexibility index (Phi) is 29.3. The highest BCUT2D eigenvalue weighted by atomic mass is 32.2. The normalized spacial score (nSPS) is 15.1. The van der Waals surface area contributed by atoms with Crippen LogP contribution in [0.5, 0.6) is 0 Å². The Hall–Kier alpha value is -7.21. The molecular weight excluding hydrogens is 1160 g/mol. The first-order chi connectivity index (χ1) is 38.5. The maximum Gasteiger partial charge on any atom is 0.326 e. The molecule has 0 saturated carbocycles. The fourth-order valence-corrected chi connectivity index (χ4v) is 9.82. The standard InChI is InChI=1S/C49H74N10O21S3/c1-27(2)21-33(53-41(62)31(51)17-11-12-20-50)44(65)59-40(28(3)4)48(69)55-35(23-30-15-9-6-10-16-30)42(63)54-34(22-29-13-7-5-8-14-29)43(64)56-37(25-82(75,76)77)46(67)58-38(26-83(78,79)80)47(68)57-36(24-81(72,73)74)45(66)52-32(49(70)71)18-19-39(60)61/h5-10,13-16,27-28,31-38,40H,11-12,17-26,50-51H2,1-4H3,(H,52,66)(H,53,62)(H,54,63)(H,55,69)(H,56,64)(H,57,68)(H,58,67)(H,59,65)(H,60,61)(H,70,71)(H,72,73,74)(H,75,76,77)(H,78,79,80)/t31-,32-,33-,34-,35-,36-,37-,38-,40-/m0/s1. The minimum atomic E-state index is -5.42. The largest absolute Gasteiger partial charge is 0.481 e. The number of unbranched alkanes of at least 4 members (excludes halogenated alkanes) is 1. The molecule has 0 heterocycles. The Labute approximate surface area is 479 Å². The smallest absolute Gasteiger partial charge is 0.326 e. The molecule has 0 saturated heterocycles. The molecule has 0 aliphatic rings. The van der Waals surface area contributed by atoms with Crippen molar-refractivity contribution in [3.63, 3.8) is 0 Å². The van der Waals surface area contributed by atoms with E-state index >= 15 is 0 Å². The van der Waals surface area contributed by atoms with Crippen molar-refractivity contribution in [3.05, 3.63) is 71.8 Å². The SMILES string of the molecule is CC(C)C[C@H](NC(=O)[C@@H](N)CCCCN)C(=O)N[C@H](C(=O)N[C@@H](Cc1ccccc1)C(=O)N[C@@H](Cc1ccccc1)C(=O)N[C@@H](CS(=O)(=O)O)C(=O)N[C@@H](CS(=O)(=O)O)C(=O)N[C@@H](CS(=O)(=O)O)C(=O)N[C@@H](CCC(=O)O)C(=O)O)C(C)C. The molecule has 2 aromatic rings. The van der Waals surface area contributed by atoms with Crippen LogP contribution in [0, 0.1) is 11.8 Å². The van der Waals surface area contributed by atoms with Crippen LogP contribution in [0.15, 0.2) is 60.7 Å². The predicted octanol–water partition coefficient (Wildman–Crippen LogP) is -3.88. The van der Waals surface area contributed by atoms with Crippen LogP contribution in [-0.4, -0.2) is 187 Å². The van der Waals surface area contributed by atoms with Crippen LogP contribution in [-0.2, 0) is 91.1 Å². The molecule has 0 radical (unpaired) electrons. The summed E-state index contributed by atoms with van der Waals surface area (Å²) in [6.07, 6.45) is -0.808. The van der Waals surface area contributed by atoms with E-state index in [2.05, 4.69) is 21.3 Å². The van der Waals surface area contributed by atoms with Gasteiger partial charge in [-0.2, -0.15) is 25.3 Å². The van der Waals surface area contributed by atoms with Crippen molar-refractivity contribution in [2.45, 2.75) is 133 Å². The summed E-state index contributed by atoms with van der Waals surface area (Å²) in [6, 6.07) is -1.07. The summed E-state index contributed by atoms with van der Waals surface area (Å²) in [7, 11) is -16.1. The van der Waals surface area contributed by atoms with Crippen LogP contribution < -0.4 is 54.0 Å². The molecule has 464 valence electrons. The van der Waals surface area contributed by atoms with Gasteiger partial charge in [0.2, 0.25) is 47.3 Å². The van der Waals surface area contributed by atoms with Crippen LogP contribution >= 0.6 is 0 Å². The van der Waals surface area contributed by atoms with Gasteiger partial charge in [0.15, 0.2) is 0 Å². The van der Waals surface area contributed by atoms with Crippen LogP contribution in [0.25, 0.3) is 0 Å². The zero-order chi connectivity index (χ0) is 63.0. The van der Waals surface area contributed by atoms with E-state index in [4.69, 9.17) is 16.6 Å². The molecule has 2 rings (SSSR count). The molecule has 8 amide bonds. The average molecular weight is 1240 g/mol. The van der Waals surface area contributed by atoms with E-state index in [1.54, 1.807) is 80.0 Å². The number of benzene rings is 2. The first kappa shape index (κ1) is 71.9. The lowest BCUT2D eigenvalue weighted by atomic mass is 9.98. The van der Waals surface area contributed by atoms with Crippen molar-refractivity contribution in [1.82, 2.24) is 42.5 Å². The third-order valence-electron chi connectivity index (χ3n) is 12.0. The third-order valence-corrected chi connectivity index (χ3v) is 14.3. The second kappa shape index (κ2) is 33.8. The monoisotopic (exact) mass is 1230 g/mol. The minimum Gasteiger partial charge on any atom is -0.481 e. The Morgan fingerprint density at radius 1 is 0.458 bits per heavy atom. The van der Waals surface area contributed by atoms with E-state index < -0.39 is 186 Å². The fourth-order valence-electron chi connectivity index (χ4n) is 7.86. The Morgan fingerprint density at radius 2 is 0.807 bits per heavy atom. The first-order valence-electron chi connectivity index (χ1n) is 25.8. The summed E-state index contributed by atoms with van der Waals surface area (Å²) in [5, 5.41) is 35.9. The number of carboxylic acid groups (broad SMARTS) is 2. The maximum atomic E-state index is 14.6. The summed E-state index contributed by atoms with van der Waals surface area (Å²) in [5.74, 6) is -19.8. The molecule has 17 N–H and O–H groups in total. The lowest BCUT2D eigenvalue weighted by Gasteiger charge is -2.29. The average Bonchev–Trinajstić information content (AvgIpc) is 3.47. The number of amides is 8. The second-order valence-corrected chi connectivity index (χ2v) is 24.6. The number of hydrogen-bond acceptors (Lipinski definition) is 18. The van der Waals surface area contributed by atoms with E-state index in [1.165, 1.54) is 24.3 Å². The highest BCUT2D eigenvalue weighted by Crippen LogP contribution is 2.13. The van der Waals surface area contributed by atoms with Gasteiger partial charge in [-0.15, -0.1) is 0 Å². The van der Waals surface area contributed by atoms with E-state index in [0.29, 0.717) is 30.5 Å². The van der Waals surface area contributed by atoms with Crippen LogP contribution in [0.3, 0.4) is 0 Å². The number of nitrogens with two attached hydrogens (primary N) is 2. The van der Waals surface area contributed by atoms with Gasteiger partial charge < -0.3 is 64.2 Å². The predicted molar refractivity (Wildman–Crippen MR) is 295 cm³/mol. The fraction of sp³-hybridized carbons (Fsp3) is 0.551. The van der Waals surface area contributed by atoms with Gasteiger partial charge in [0.05, 0.1) is 6.04 Å². The van der Waals surface area contributed by atoms with E-state index in [9.17, 15) is 92.0 Å². The number of hydrogen-bond donors (Lipinski definition) is 15. The topological polar surface area (TPSA) is 523 Å². The van der Waals surface area contributed by atoms with E-state index in [-0.39, 0.29) is 25.2 Å². The van der Waals surface area contributed by atoms with Gasteiger partial charge in [-0.05, 0) is 55.2 Å². The molecule has 0 aliphatic heterocycles. The molecule has 0 bridgehead atoms. The molecule has 2 aromatic carbocycles.